The van der Waals surface area contributed by atoms with Crippen LogP contribution in [0.5, 0.6) is 0 Å². The second-order valence-corrected chi connectivity index (χ2v) is 9.66. The van der Waals surface area contributed by atoms with Crippen LogP contribution in [-0.2, 0) is 18.5 Å². The zero-order chi connectivity index (χ0) is 23.8. The molecule has 0 bridgehead atoms. The number of hydrogen-bond acceptors (Lipinski definition) is 5. The number of pyridine rings is 2. The third-order valence-electron chi connectivity index (χ3n) is 5.76. The SMILES string of the molecule is Cc1ccc2cc(Cn3cc(C(=O)NCc4c(C)cc(C(C)(C)C)nc4C)nn3)cnc2c1. The number of carbonyl (C=O) groups excluding carboxylic acids is 1. The predicted octanol–water partition coefficient (Wildman–Crippen LogP) is 4.42. The molecule has 0 unspecified atom stereocenters. The summed E-state index contributed by atoms with van der Waals surface area (Å²) in [4.78, 5) is 22.0. The van der Waals surface area contributed by atoms with Crippen LogP contribution in [-0.4, -0.2) is 30.9 Å². The van der Waals surface area contributed by atoms with Gasteiger partial charge in [0, 0.05) is 34.9 Å². The molecule has 1 N–H and O–H groups in total. The average Bonchev–Trinajstić information content (AvgIpc) is 3.21. The van der Waals surface area contributed by atoms with Gasteiger partial charge < -0.3 is 5.32 Å². The highest BCUT2D eigenvalue weighted by Crippen LogP contribution is 2.24. The van der Waals surface area contributed by atoms with Crippen molar-refractivity contribution < 1.29 is 4.79 Å². The lowest BCUT2D eigenvalue weighted by Gasteiger charge is -2.21. The maximum atomic E-state index is 12.7. The van der Waals surface area contributed by atoms with Crippen molar-refractivity contribution in [3.05, 3.63) is 82.1 Å². The number of hydrogen-bond donors (Lipinski definition) is 1. The van der Waals surface area contributed by atoms with Gasteiger partial charge in [0.2, 0.25) is 0 Å². The molecule has 0 aliphatic rings. The number of carbonyl (C=O) groups is 1. The average molecular weight is 443 g/mol. The quantitative estimate of drug-likeness (QED) is 0.494. The molecule has 3 heterocycles. The van der Waals surface area contributed by atoms with Crippen molar-refractivity contribution in [1.82, 2.24) is 30.3 Å². The summed E-state index contributed by atoms with van der Waals surface area (Å²) in [5.74, 6) is -0.257. The van der Waals surface area contributed by atoms with E-state index in [1.165, 1.54) is 5.56 Å². The first kappa shape index (κ1) is 22.6. The second kappa shape index (κ2) is 8.73. The molecule has 0 saturated heterocycles. The minimum atomic E-state index is -0.257. The van der Waals surface area contributed by atoms with Gasteiger partial charge in [0.05, 0.1) is 18.3 Å². The van der Waals surface area contributed by atoms with E-state index in [1.54, 1.807) is 10.9 Å². The maximum Gasteiger partial charge on any atom is 0.273 e. The van der Waals surface area contributed by atoms with Crippen LogP contribution in [0.2, 0.25) is 0 Å². The lowest BCUT2D eigenvalue weighted by Crippen LogP contribution is -2.25. The van der Waals surface area contributed by atoms with E-state index >= 15 is 0 Å². The van der Waals surface area contributed by atoms with Gasteiger partial charge in [-0.25, -0.2) is 4.68 Å². The number of rotatable bonds is 5. The van der Waals surface area contributed by atoms with Gasteiger partial charge in [-0.15, -0.1) is 5.10 Å². The summed E-state index contributed by atoms with van der Waals surface area (Å²) in [6.45, 7) is 13.4. The molecule has 0 radical (unpaired) electrons. The molecule has 7 heteroatoms. The largest absolute Gasteiger partial charge is 0.346 e. The zero-order valence-corrected chi connectivity index (χ0v) is 20.1. The van der Waals surface area contributed by atoms with E-state index in [1.807, 2.05) is 13.1 Å². The van der Waals surface area contributed by atoms with Gasteiger partial charge in [-0.05, 0) is 61.2 Å². The molecule has 170 valence electrons. The number of fused-ring (bicyclic) bond motifs is 1. The van der Waals surface area contributed by atoms with Crippen molar-refractivity contribution in [3.8, 4) is 0 Å². The minimum Gasteiger partial charge on any atom is -0.346 e. The first-order valence-corrected chi connectivity index (χ1v) is 11.1. The van der Waals surface area contributed by atoms with Gasteiger partial charge in [-0.2, -0.15) is 0 Å². The molecule has 0 atom stereocenters. The minimum absolute atomic E-state index is 0.0185. The van der Waals surface area contributed by atoms with E-state index in [0.717, 1.165) is 39.0 Å². The van der Waals surface area contributed by atoms with Crippen LogP contribution >= 0.6 is 0 Å². The number of amides is 1. The second-order valence-electron chi connectivity index (χ2n) is 9.66. The number of nitrogens with one attached hydrogen (secondary N) is 1. The fraction of sp³-hybridized carbons (Fsp3) is 0.346. The van der Waals surface area contributed by atoms with Crippen molar-refractivity contribution in [2.75, 3.05) is 0 Å². The molecule has 0 aliphatic carbocycles. The van der Waals surface area contributed by atoms with Gasteiger partial charge in [0.1, 0.15) is 0 Å². The van der Waals surface area contributed by atoms with Crippen LogP contribution in [0.3, 0.4) is 0 Å². The van der Waals surface area contributed by atoms with Crippen LogP contribution < -0.4 is 5.32 Å². The van der Waals surface area contributed by atoms with Crippen molar-refractivity contribution in [3.63, 3.8) is 0 Å². The van der Waals surface area contributed by atoms with Crippen molar-refractivity contribution in [1.29, 1.82) is 0 Å². The van der Waals surface area contributed by atoms with Crippen molar-refractivity contribution in [2.45, 2.75) is 60.0 Å². The van der Waals surface area contributed by atoms with Gasteiger partial charge in [-0.3, -0.25) is 14.8 Å². The molecular weight excluding hydrogens is 412 g/mol. The topological polar surface area (TPSA) is 85.6 Å². The normalized spacial score (nSPS) is 11.7. The van der Waals surface area contributed by atoms with E-state index in [4.69, 9.17) is 4.98 Å². The molecule has 3 aromatic heterocycles. The van der Waals surface area contributed by atoms with Crippen molar-refractivity contribution in [2.24, 2.45) is 0 Å². The highest BCUT2D eigenvalue weighted by molar-refractivity contribution is 5.91. The Morgan fingerprint density at radius 3 is 2.61 bits per heavy atom. The molecule has 1 aromatic carbocycles. The van der Waals surface area contributed by atoms with Crippen molar-refractivity contribution >= 4 is 16.8 Å². The Morgan fingerprint density at radius 1 is 1.09 bits per heavy atom. The molecule has 0 fully saturated rings. The fourth-order valence-electron chi connectivity index (χ4n) is 3.80. The van der Waals surface area contributed by atoms with Crippen LogP contribution in [0.1, 0.15) is 64.9 Å². The Balaban J connectivity index is 1.43. The summed E-state index contributed by atoms with van der Waals surface area (Å²) in [5.41, 5.74) is 7.55. The van der Waals surface area contributed by atoms with Crippen LogP contribution in [0, 0.1) is 20.8 Å². The van der Waals surface area contributed by atoms with Crippen LogP contribution in [0.15, 0.2) is 42.7 Å². The molecule has 0 saturated carbocycles. The molecule has 4 aromatic rings. The first-order chi connectivity index (χ1) is 15.6. The van der Waals surface area contributed by atoms with Gasteiger partial charge in [0.25, 0.3) is 5.91 Å². The number of benzene rings is 1. The number of aromatic nitrogens is 5. The summed E-state index contributed by atoms with van der Waals surface area (Å²) < 4.78 is 1.65. The molecule has 0 spiro atoms. The molecule has 0 aliphatic heterocycles. The highest BCUT2D eigenvalue weighted by atomic mass is 16.2. The Bertz CT molecular complexity index is 1310. The standard InChI is InChI=1S/C26H30N6O/c1-16-7-8-20-11-19(12-27-22(20)9-16)14-32-15-23(30-31-32)25(33)28-13-21-17(2)10-24(26(4,5)6)29-18(21)3/h7-12,15H,13-14H2,1-6H3,(H,28,33). The Labute approximate surface area is 194 Å². The van der Waals surface area contributed by atoms with Gasteiger partial charge in [-0.1, -0.05) is 38.1 Å². The number of nitrogens with zero attached hydrogens (tertiary/aromatic N) is 5. The van der Waals surface area contributed by atoms with E-state index < -0.39 is 0 Å². The fourth-order valence-corrected chi connectivity index (χ4v) is 3.80. The lowest BCUT2D eigenvalue weighted by atomic mass is 9.89. The van der Waals surface area contributed by atoms with Gasteiger partial charge >= 0.3 is 0 Å². The number of aryl methyl sites for hydroxylation is 3. The molecular formula is C26H30N6O. The van der Waals surface area contributed by atoms with Gasteiger partial charge in [0.15, 0.2) is 5.69 Å². The highest BCUT2D eigenvalue weighted by Gasteiger charge is 2.19. The molecule has 33 heavy (non-hydrogen) atoms. The van der Waals surface area contributed by atoms with Crippen LogP contribution in [0.4, 0.5) is 0 Å². The first-order valence-electron chi connectivity index (χ1n) is 11.1. The maximum absolute atomic E-state index is 12.7. The predicted molar refractivity (Wildman–Crippen MR) is 129 cm³/mol. The summed E-state index contributed by atoms with van der Waals surface area (Å²) in [7, 11) is 0. The monoisotopic (exact) mass is 442 g/mol. The summed E-state index contributed by atoms with van der Waals surface area (Å²) in [6, 6.07) is 10.4. The Kier molecular flexibility index (Phi) is 5.97. The van der Waals surface area contributed by atoms with E-state index in [-0.39, 0.29) is 17.0 Å². The zero-order valence-electron chi connectivity index (χ0n) is 20.1. The van der Waals surface area contributed by atoms with E-state index in [0.29, 0.717) is 13.1 Å². The third-order valence-corrected chi connectivity index (χ3v) is 5.76. The Morgan fingerprint density at radius 2 is 1.88 bits per heavy atom. The third kappa shape index (κ3) is 5.08. The molecule has 4 rings (SSSR count). The summed E-state index contributed by atoms with van der Waals surface area (Å²) >= 11 is 0. The Hall–Kier alpha value is -3.61. The molecule has 7 nitrogen and oxygen atoms in total. The smallest absolute Gasteiger partial charge is 0.273 e. The van der Waals surface area contributed by atoms with Crippen LogP contribution in [0.25, 0.3) is 10.9 Å². The lowest BCUT2D eigenvalue weighted by molar-refractivity contribution is 0.0945. The summed E-state index contributed by atoms with van der Waals surface area (Å²) in [5, 5.41) is 12.2. The summed E-state index contributed by atoms with van der Waals surface area (Å²) in [6.07, 6.45) is 3.50. The van der Waals surface area contributed by atoms with E-state index in [2.05, 4.69) is 85.6 Å². The van der Waals surface area contributed by atoms with E-state index in [9.17, 15) is 4.79 Å². The molecule has 1 amide bonds.